The first-order valence-corrected chi connectivity index (χ1v) is 9.74. The Morgan fingerprint density at radius 3 is 2.75 bits per heavy atom. The van der Waals surface area contributed by atoms with E-state index < -0.39 is 0 Å². The third-order valence-electron chi connectivity index (χ3n) is 5.38. The van der Waals surface area contributed by atoms with E-state index in [2.05, 4.69) is 41.4 Å². The Bertz CT molecular complexity index is 1140. The van der Waals surface area contributed by atoms with Gasteiger partial charge in [-0.05, 0) is 47.4 Å². The van der Waals surface area contributed by atoms with Gasteiger partial charge in [0, 0.05) is 29.7 Å². The number of rotatable bonds is 6. The molecule has 1 fully saturated rings. The largest absolute Gasteiger partial charge is 0.483 e. The summed E-state index contributed by atoms with van der Waals surface area (Å²) in [5.74, 6) is 0.803. The number of nitrogens with zero attached hydrogens (tertiary/aromatic N) is 1. The summed E-state index contributed by atoms with van der Waals surface area (Å²) >= 11 is 0. The van der Waals surface area contributed by atoms with Gasteiger partial charge >= 0.3 is 0 Å². The Kier molecular flexibility index (Phi) is 4.24. The molecule has 1 aliphatic carbocycles. The van der Waals surface area contributed by atoms with Crippen LogP contribution in [0.15, 0.2) is 72.9 Å². The fourth-order valence-electron chi connectivity index (χ4n) is 3.74. The first-order chi connectivity index (χ1) is 13.8. The topological polar surface area (TPSA) is 45.3 Å². The van der Waals surface area contributed by atoms with Crippen LogP contribution in [0.1, 0.15) is 18.4 Å². The number of carbonyl (C=O) groups excluding carboxylic acids is 1. The number of fused-ring (bicyclic) bond motifs is 2. The number of amides is 1. The predicted octanol–water partition coefficient (Wildman–Crippen LogP) is 4.89. The number of ether oxygens (including phenoxy) is 1. The van der Waals surface area contributed by atoms with Crippen LogP contribution < -0.4 is 4.74 Å². The highest BCUT2D eigenvalue weighted by molar-refractivity contribution is 5.88. The standard InChI is InChI=1S/C24H22N2O2/c27-24(16-28-23-7-3-5-18-4-1-2-6-21(18)23)26(20-10-11-20)15-17-8-9-19-12-13-25-22(19)14-17/h1-9,12-14,20,25H,10-11,15-16H2. The van der Waals surface area contributed by atoms with Gasteiger partial charge in [0.05, 0.1) is 0 Å². The Hall–Kier alpha value is -3.27. The molecule has 1 saturated carbocycles. The van der Waals surface area contributed by atoms with Crippen LogP contribution in [0, 0.1) is 0 Å². The molecule has 0 atom stereocenters. The van der Waals surface area contributed by atoms with Crippen LogP contribution in [-0.4, -0.2) is 28.4 Å². The lowest BCUT2D eigenvalue weighted by Crippen LogP contribution is -2.36. The number of H-pyrrole nitrogens is 1. The maximum atomic E-state index is 12.9. The molecule has 1 heterocycles. The molecule has 3 aromatic carbocycles. The van der Waals surface area contributed by atoms with Crippen molar-refractivity contribution in [3.05, 3.63) is 78.5 Å². The molecule has 1 aliphatic rings. The Labute approximate surface area is 163 Å². The van der Waals surface area contributed by atoms with Gasteiger partial charge in [-0.25, -0.2) is 0 Å². The third-order valence-corrected chi connectivity index (χ3v) is 5.38. The SMILES string of the molecule is O=C(COc1cccc2ccccc12)N(Cc1ccc2cc[nH]c2c1)C1CC1. The highest BCUT2D eigenvalue weighted by Gasteiger charge is 2.32. The van der Waals surface area contributed by atoms with Gasteiger partial charge in [0.25, 0.3) is 5.91 Å². The summed E-state index contributed by atoms with van der Waals surface area (Å²) in [4.78, 5) is 18.2. The fourth-order valence-corrected chi connectivity index (χ4v) is 3.74. The van der Waals surface area contributed by atoms with Crippen LogP contribution in [0.3, 0.4) is 0 Å². The van der Waals surface area contributed by atoms with Gasteiger partial charge in [0.1, 0.15) is 5.75 Å². The quantitative estimate of drug-likeness (QED) is 0.525. The van der Waals surface area contributed by atoms with E-state index in [-0.39, 0.29) is 12.5 Å². The Morgan fingerprint density at radius 1 is 1.00 bits per heavy atom. The molecule has 1 N–H and O–H groups in total. The van der Waals surface area contributed by atoms with E-state index in [0.717, 1.165) is 40.4 Å². The average Bonchev–Trinajstić information content (AvgIpc) is 3.46. The second-order valence-corrected chi connectivity index (χ2v) is 7.42. The lowest BCUT2D eigenvalue weighted by molar-refractivity contribution is -0.134. The zero-order valence-corrected chi connectivity index (χ0v) is 15.6. The summed E-state index contributed by atoms with van der Waals surface area (Å²) in [6.45, 7) is 0.687. The van der Waals surface area contributed by atoms with Crippen LogP contribution in [0.5, 0.6) is 5.75 Å². The molecule has 0 aliphatic heterocycles. The molecular weight excluding hydrogens is 348 g/mol. The molecule has 5 rings (SSSR count). The van der Waals surface area contributed by atoms with Crippen molar-refractivity contribution in [3.63, 3.8) is 0 Å². The Balaban J connectivity index is 1.31. The molecule has 140 valence electrons. The number of aromatic nitrogens is 1. The molecule has 0 spiro atoms. The third kappa shape index (κ3) is 3.33. The number of nitrogens with one attached hydrogen (secondary N) is 1. The van der Waals surface area contributed by atoms with E-state index in [1.807, 2.05) is 41.4 Å². The summed E-state index contributed by atoms with van der Waals surface area (Å²) in [5, 5.41) is 3.34. The zero-order chi connectivity index (χ0) is 18.9. The molecule has 0 unspecified atom stereocenters. The van der Waals surface area contributed by atoms with Crippen LogP contribution in [-0.2, 0) is 11.3 Å². The molecule has 4 heteroatoms. The number of hydrogen-bond donors (Lipinski definition) is 1. The molecule has 4 nitrogen and oxygen atoms in total. The van der Waals surface area contributed by atoms with E-state index in [1.54, 1.807) is 0 Å². The van der Waals surface area contributed by atoms with E-state index in [9.17, 15) is 4.79 Å². The first kappa shape index (κ1) is 16.9. The molecule has 0 saturated heterocycles. The monoisotopic (exact) mass is 370 g/mol. The van der Waals surface area contributed by atoms with Crippen molar-refractivity contribution in [3.8, 4) is 5.75 Å². The smallest absolute Gasteiger partial charge is 0.261 e. The minimum absolute atomic E-state index is 0.0435. The van der Waals surface area contributed by atoms with E-state index in [1.165, 1.54) is 5.39 Å². The van der Waals surface area contributed by atoms with E-state index in [4.69, 9.17) is 4.74 Å². The molecule has 1 aromatic heterocycles. The van der Waals surface area contributed by atoms with Crippen molar-refractivity contribution in [2.45, 2.75) is 25.4 Å². The fraction of sp³-hybridized carbons (Fsp3) is 0.208. The zero-order valence-electron chi connectivity index (χ0n) is 15.6. The van der Waals surface area contributed by atoms with Gasteiger partial charge in [-0.1, -0.05) is 48.5 Å². The van der Waals surface area contributed by atoms with Crippen LogP contribution in [0.25, 0.3) is 21.7 Å². The van der Waals surface area contributed by atoms with Crippen molar-refractivity contribution in [1.29, 1.82) is 0 Å². The lowest BCUT2D eigenvalue weighted by atomic mass is 10.1. The number of carbonyl (C=O) groups is 1. The van der Waals surface area contributed by atoms with Crippen molar-refractivity contribution < 1.29 is 9.53 Å². The van der Waals surface area contributed by atoms with Gasteiger partial charge in [-0.15, -0.1) is 0 Å². The highest BCUT2D eigenvalue weighted by atomic mass is 16.5. The average molecular weight is 370 g/mol. The summed E-state index contributed by atoms with van der Waals surface area (Å²) in [6.07, 6.45) is 4.09. The maximum Gasteiger partial charge on any atom is 0.261 e. The maximum absolute atomic E-state index is 12.9. The van der Waals surface area contributed by atoms with Crippen molar-refractivity contribution >= 4 is 27.6 Å². The predicted molar refractivity (Wildman–Crippen MR) is 111 cm³/mol. The van der Waals surface area contributed by atoms with Crippen LogP contribution in [0.4, 0.5) is 0 Å². The van der Waals surface area contributed by atoms with Gasteiger partial charge in [-0.3, -0.25) is 4.79 Å². The molecule has 1 amide bonds. The van der Waals surface area contributed by atoms with Gasteiger partial charge in [-0.2, -0.15) is 0 Å². The van der Waals surface area contributed by atoms with E-state index >= 15 is 0 Å². The number of hydrogen-bond acceptors (Lipinski definition) is 2. The molecule has 0 bridgehead atoms. The summed E-state index contributed by atoms with van der Waals surface area (Å²) in [5.41, 5.74) is 2.24. The molecular formula is C24H22N2O2. The lowest BCUT2D eigenvalue weighted by Gasteiger charge is -2.23. The van der Waals surface area contributed by atoms with Crippen molar-refractivity contribution in [1.82, 2.24) is 9.88 Å². The normalized spacial score (nSPS) is 13.7. The number of aromatic amines is 1. The number of benzene rings is 3. The summed E-state index contributed by atoms with van der Waals surface area (Å²) in [7, 11) is 0. The van der Waals surface area contributed by atoms with Crippen molar-refractivity contribution in [2.24, 2.45) is 0 Å². The molecule has 0 radical (unpaired) electrons. The van der Waals surface area contributed by atoms with Crippen molar-refractivity contribution in [2.75, 3.05) is 6.61 Å². The first-order valence-electron chi connectivity index (χ1n) is 9.74. The molecule has 28 heavy (non-hydrogen) atoms. The minimum Gasteiger partial charge on any atom is -0.483 e. The van der Waals surface area contributed by atoms with Gasteiger partial charge in [0.2, 0.25) is 0 Å². The summed E-state index contributed by atoms with van der Waals surface area (Å²) in [6, 6.07) is 22.7. The highest BCUT2D eigenvalue weighted by Crippen LogP contribution is 2.30. The minimum atomic E-state index is 0.0435. The van der Waals surface area contributed by atoms with Crippen LogP contribution >= 0.6 is 0 Å². The summed E-state index contributed by atoms with van der Waals surface area (Å²) < 4.78 is 5.94. The Morgan fingerprint density at radius 2 is 1.86 bits per heavy atom. The van der Waals surface area contributed by atoms with Crippen LogP contribution in [0.2, 0.25) is 0 Å². The molecule has 4 aromatic rings. The van der Waals surface area contributed by atoms with Gasteiger partial charge < -0.3 is 14.6 Å². The second kappa shape index (κ2) is 7.04. The van der Waals surface area contributed by atoms with Gasteiger partial charge in [0.15, 0.2) is 6.61 Å². The van der Waals surface area contributed by atoms with E-state index in [0.29, 0.717) is 12.6 Å². The second-order valence-electron chi connectivity index (χ2n) is 7.42.